The molecule has 0 aromatic rings. The molecular weight excluding hydrogens is 196 g/mol. The van der Waals surface area contributed by atoms with Gasteiger partial charge in [-0.05, 0) is 18.3 Å². The first kappa shape index (κ1) is 12.0. The van der Waals surface area contributed by atoms with Crippen LogP contribution in [0.5, 0.6) is 0 Å². The molecule has 3 nitrogen and oxygen atoms in total. The van der Waals surface area contributed by atoms with Gasteiger partial charge in [0, 0.05) is 13.1 Å². The molecule has 0 saturated carbocycles. The molecule has 1 aliphatic heterocycles. The first-order valence-electron chi connectivity index (χ1n) is 5.33. The van der Waals surface area contributed by atoms with E-state index in [0.29, 0.717) is 5.75 Å². The summed E-state index contributed by atoms with van der Waals surface area (Å²) >= 11 is 0. The molecular formula is C10H22N2OS. The predicted octanol–water partition coefficient (Wildman–Crippen LogP) is 2.48. The van der Waals surface area contributed by atoms with Crippen molar-refractivity contribution in [2.45, 2.75) is 40.0 Å². The van der Waals surface area contributed by atoms with Crippen LogP contribution in [-0.4, -0.2) is 27.4 Å². The highest BCUT2D eigenvalue weighted by molar-refractivity contribution is 7.90. The molecule has 1 unspecified atom stereocenters. The average molecular weight is 218 g/mol. The van der Waals surface area contributed by atoms with Crippen LogP contribution in [0, 0.1) is 10.2 Å². The second-order valence-electron chi connectivity index (χ2n) is 5.34. The van der Waals surface area contributed by atoms with Crippen molar-refractivity contribution < 1.29 is 4.21 Å². The lowest BCUT2D eigenvalue weighted by atomic mass is 10.0. The molecule has 1 saturated heterocycles. The van der Waals surface area contributed by atoms with E-state index in [-0.39, 0.29) is 5.41 Å². The average Bonchev–Trinajstić information content (AvgIpc) is 2.01. The molecule has 1 N–H and O–H groups in total. The van der Waals surface area contributed by atoms with Gasteiger partial charge in [0.05, 0.1) is 5.75 Å². The van der Waals surface area contributed by atoms with Gasteiger partial charge in [0.15, 0.2) is 0 Å². The summed E-state index contributed by atoms with van der Waals surface area (Å²) < 4.78 is 22.0. The van der Waals surface area contributed by atoms with Crippen LogP contribution in [0.2, 0.25) is 0 Å². The van der Waals surface area contributed by atoms with Crippen LogP contribution in [0.25, 0.3) is 0 Å². The second kappa shape index (κ2) is 4.19. The molecule has 0 aromatic carbocycles. The van der Waals surface area contributed by atoms with Crippen molar-refractivity contribution in [2.24, 2.45) is 5.41 Å². The van der Waals surface area contributed by atoms with Gasteiger partial charge >= 0.3 is 0 Å². The maximum Gasteiger partial charge on any atom is 0.108 e. The molecule has 1 atom stereocenters. The molecule has 0 radical (unpaired) electrons. The quantitative estimate of drug-likeness (QED) is 0.760. The molecule has 1 fully saturated rings. The van der Waals surface area contributed by atoms with E-state index in [0.717, 1.165) is 25.9 Å². The maximum absolute atomic E-state index is 12.1. The van der Waals surface area contributed by atoms with Gasteiger partial charge in [-0.1, -0.05) is 27.2 Å². The molecule has 4 heteroatoms. The van der Waals surface area contributed by atoms with E-state index in [1.54, 1.807) is 0 Å². The first-order valence-corrected chi connectivity index (χ1v) is 7.01. The zero-order valence-electron chi connectivity index (χ0n) is 9.51. The van der Waals surface area contributed by atoms with Crippen molar-refractivity contribution in [3.8, 4) is 0 Å². The van der Waals surface area contributed by atoms with E-state index in [1.165, 1.54) is 6.42 Å². The topological polar surface area (TPSA) is 44.2 Å². The summed E-state index contributed by atoms with van der Waals surface area (Å²) in [5.41, 5.74) is -0.0176. The van der Waals surface area contributed by atoms with E-state index in [2.05, 4.69) is 0 Å². The molecule has 0 amide bonds. The number of hydrogen-bond acceptors (Lipinski definition) is 2. The third-order valence-corrected chi connectivity index (χ3v) is 4.82. The Balaban J connectivity index is 2.64. The molecule has 0 aliphatic carbocycles. The molecule has 1 heterocycles. The van der Waals surface area contributed by atoms with Crippen LogP contribution in [0.4, 0.5) is 0 Å². The van der Waals surface area contributed by atoms with Crippen LogP contribution in [0.3, 0.4) is 0 Å². The Labute approximate surface area is 88.0 Å². The van der Waals surface area contributed by atoms with E-state index in [1.807, 2.05) is 25.1 Å². The summed E-state index contributed by atoms with van der Waals surface area (Å²) in [6.45, 7) is 7.83. The molecule has 1 rings (SSSR count). The number of piperidine rings is 1. The van der Waals surface area contributed by atoms with Gasteiger partial charge in [-0.2, -0.15) is 0 Å². The molecule has 0 bridgehead atoms. The van der Waals surface area contributed by atoms with Gasteiger partial charge in [0.1, 0.15) is 9.92 Å². The minimum atomic E-state index is -2.51. The Hall–Kier alpha value is -0.0900. The Morgan fingerprint density at radius 2 is 1.71 bits per heavy atom. The largest absolute Gasteiger partial charge is 0.240 e. The van der Waals surface area contributed by atoms with Crippen molar-refractivity contribution in [2.75, 3.05) is 18.8 Å². The molecule has 14 heavy (non-hydrogen) atoms. The monoisotopic (exact) mass is 218 g/mol. The highest BCUT2D eigenvalue weighted by Crippen LogP contribution is 2.21. The lowest BCUT2D eigenvalue weighted by Gasteiger charge is -2.31. The molecule has 1 aliphatic rings. The Morgan fingerprint density at radius 3 is 2.14 bits per heavy atom. The smallest absolute Gasteiger partial charge is 0.108 e. The first-order chi connectivity index (χ1) is 6.31. The number of nitrogens with one attached hydrogen (secondary N) is 1. The zero-order chi connectivity index (χ0) is 10.8. The van der Waals surface area contributed by atoms with E-state index in [4.69, 9.17) is 4.78 Å². The molecule has 84 valence electrons. The van der Waals surface area contributed by atoms with Crippen LogP contribution in [-0.2, 0) is 9.92 Å². The molecule has 0 aromatic heterocycles. The SMILES string of the molecule is CC(C)(C)CS(=N)(=O)N1CCCCC1. The fourth-order valence-corrected chi connectivity index (χ4v) is 4.04. The van der Waals surface area contributed by atoms with E-state index in [9.17, 15) is 4.21 Å². The van der Waals surface area contributed by atoms with Crippen molar-refractivity contribution >= 4 is 9.92 Å². The minimum absolute atomic E-state index is 0.0176. The lowest BCUT2D eigenvalue weighted by molar-refractivity contribution is 0.352. The summed E-state index contributed by atoms with van der Waals surface area (Å²) in [5.74, 6) is 0.486. The third kappa shape index (κ3) is 3.58. The summed E-state index contributed by atoms with van der Waals surface area (Å²) in [6.07, 6.45) is 3.42. The summed E-state index contributed by atoms with van der Waals surface area (Å²) in [5, 5.41) is 0. The van der Waals surface area contributed by atoms with Gasteiger partial charge in [-0.15, -0.1) is 0 Å². The van der Waals surface area contributed by atoms with Crippen molar-refractivity contribution in [3.63, 3.8) is 0 Å². The normalized spacial score (nSPS) is 24.5. The van der Waals surface area contributed by atoms with E-state index < -0.39 is 9.92 Å². The summed E-state index contributed by atoms with van der Waals surface area (Å²) in [7, 11) is -2.51. The lowest BCUT2D eigenvalue weighted by Crippen LogP contribution is -2.39. The fourth-order valence-electron chi connectivity index (χ4n) is 1.84. The third-order valence-electron chi connectivity index (χ3n) is 2.36. The Morgan fingerprint density at radius 1 is 1.21 bits per heavy atom. The maximum atomic E-state index is 12.1. The minimum Gasteiger partial charge on any atom is -0.240 e. The highest BCUT2D eigenvalue weighted by Gasteiger charge is 2.25. The summed E-state index contributed by atoms with van der Waals surface area (Å²) in [4.78, 5) is 0. The van der Waals surface area contributed by atoms with Crippen LogP contribution >= 0.6 is 0 Å². The van der Waals surface area contributed by atoms with Crippen LogP contribution in [0.1, 0.15) is 40.0 Å². The Kier molecular flexibility index (Phi) is 3.58. The second-order valence-corrected chi connectivity index (χ2v) is 7.42. The Bertz CT molecular complexity index is 271. The number of nitrogens with zero attached hydrogens (tertiary/aromatic N) is 1. The van der Waals surface area contributed by atoms with Crippen LogP contribution in [0.15, 0.2) is 0 Å². The van der Waals surface area contributed by atoms with Crippen molar-refractivity contribution in [3.05, 3.63) is 0 Å². The van der Waals surface area contributed by atoms with Gasteiger partial charge in [-0.25, -0.2) is 13.3 Å². The predicted molar refractivity (Wildman–Crippen MR) is 60.6 cm³/mol. The van der Waals surface area contributed by atoms with Gasteiger partial charge in [0.2, 0.25) is 0 Å². The van der Waals surface area contributed by atoms with Gasteiger partial charge in [0.25, 0.3) is 0 Å². The highest BCUT2D eigenvalue weighted by atomic mass is 32.2. The van der Waals surface area contributed by atoms with Crippen LogP contribution < -0.4 is 0 Å². The number of rotatable bonds is 2. The van der Waals surface area contributed by atoms with Gasteiger partial charge in [-0.3, -0.25) is 0 Å². The standard InChI is InChI=1S/C10H22N2OS/c1-10(2,3)9-14(11,13)12-7-5-4-6-8-12/h11H,4-9H2,1-3H3. The van der Waals surface area contributed by atoms with Crippen molar-refractivity contribution in [1.82, 2.24) is 4.31 Å². The fraction of sp³-hybridized carbons (Fsp3) is 1.00. The van der Waals surface area contributed by atoms with Crippen molar-refractivity contribution in [1.29, 1.82) is 4.78 Å². The summed E-state index contributed by atoms with van der Waals surface area (Å²) in [6, 6.07) is 0. The number of hydrogen-bond donors (Lipinski definition) is 1. The van der Waals surface area contributed by atoms with E-state index >= 15 is 0 Å². The zero-order valence-corrected chi connectivity index (χ0v) is 10.3. The van der Waals surface area contributed by atoms with Gasteiger partial charge < -0.3 is 0 Å². The molecule has 0 spiro atoms.